The van der Waals surface area contributed by atoms with E-state index in [0.29, 0.717) is 40.0 Å². The van der Waals surface area contributed by atoms with Gasteiger partial charge in [0.25, 0.3) is 5.56 Å². The maximum Gasteiger partial charge on any atom is 0.330 e. The summed E-state index contributed by atoms with van der Waals surface area (Å²) in [5.74, 6) is 0.412. The van der Waals surface area contributed by atoms with Crippen molar-refractivity contribution in [2.75, 3.05) is 0 Å². The van der Waals surface area contributed by atoms with Crippen molar-refractivity contribution in [3.05, 3.63) is 79.4 Å². The second-order valence-corrected chi connectivity index (χ2v) is 8.48. The van der Waals surface area contributed by atoms with Gasteiger partial charge in [-0.15, -0.1) is 0 Å². The molecule has 2 heterocycles. The fourth-order valence-electron chi connectivity index (χ4n) is 3.66. The normalized spacial score (nSPS) is 14.5. The summed E-state index contributed by atoms with van der Waals surface area (Å²) in [5.41, 5.74) is -0.173. The number of H-pyrrole nitrogens is 1. The van der Waals surface area contributed by atoms with Crippen molar-refractivity contribution < 1.29 is 0 Å². The van der Waals surface area contributed by atoms with Crippen molar-refractivity contribution in [3.63, 3.8) is 0 Å². The van der Waals surface area contributed by atoms with Gasteiger partial charge in [0.1, 0.15) is 5.82 Å². The van der Waals surface area contributed by atoms with Gasteiger partial charge in [0, 0.05) is 22.8 Å². The van der Waals surface area contributed by atoms with E-state index in [1.54, 1.807) is 47.0 Å². The Balaban J connectivity index is 1.85. The Labute approximate surface area is 186 Å². The predicted octanol–water partition coefficient (Wildman–Crippen LogP) is 4.15. The molecule has 0 spiro atoms. The van der Waals surface area contributed by atoms with Crippen LogP contribution in [0.1, 0.15) is 12.8 Å². The van der Waals surface area contributed by atoms with Crippen LogP contribution in [0, 0.1) is 16.7 Å². The summed E-state index contributed by atoms with van der Waals surface area (Å²) in [6.07, 6.45) is 1.32. The highest BCUT2D eigenvalue weighted by Crippen LogP contribution is 2.45. The van der Waals surface area contributed by atoms with E-state index in [1.807, 2.05) is 6.07 Å². The Morgan fingerprint density at radius 1 is 1.10 bits per heavy atom. The van der Waals surface area contributed by atoms with Crippen LogP contribution in [0.25, 0.3) is 28.2 Å². The van der Waals surface area contributed by atoms with Crippen LogP contribution in [-0.2, 0) is 6.54 Å². The van der Waals surface area contributed by atoms with Gasteiger partial charge in [0.05, 0.1) is 16.5 Å². The third-order valence-corrected chi connectivity index (χ3v) is 6.13. The predicted molar refractivity (Wildman–Crippen MR) is 119 cm³/mol. The molecule has 0 radical (unpaired) electrons. The summed E-state index contributed by atoms with van der Waals surface area (Å²) in [6, 6.07) is 16.3. The van der Waals surface area contributed by atoms with Gasteiger partial charge < -0.3 is 0 Å². The molecule has 7 nitrogen and oxygen atoms in total. The van der Waals surface area contributed by atoms with Crippen LogP contribution in [0.3, 0.4) is 0 Å². The standard InChI is InChI=1S/C22H15Cl2N5O2/c23-13-5-7-14(8-6-13)29-17-18(26-19(29)15-3-1-2-4-16(15)24)27-21(31)28(20(17)30)12-22(11-25)9-10-22/h1-8H,9-10,12H2,(H,27,31). The lowest BCUT2D eigenvalue weighted by Gasteiger charge is -2.12. The smallest absolute Gasteiger partial charge is 0.290 e. The highest BCUT2D eigenvalue weighted by atomic mass is 35.5. The average Bonchev–Trinajstić information content (AvgIpc) is 3.45. The first-order valence-corrected chi connectivity index (χ1v) is 10.4. The summed E-state index contributed by atoms with van der Waals surface area (Å²) in [5, 5.41) is 10.4. The van der Waals surface area contributed by atoms with E-state index < -0.39 is 16.7 Å². The molecule has 2 aromatic carbocycles. The molecule has 154 valence electrons. The van der Waals surface area contributed by atoms with Crippen LogP contribution in [0.15, 0.2) is 58.1 Å². The SMILES string of the molecule is N#CC1(Cn2c(=O)[nH]c3nc(-c4ccccc4Cl)n(-c4ccc(Cl)cc4)c3c2=O)CC1. The van der Waals surface area contributed by atoms with Crippen molar-refractivity contribution in [3.8, 4) is 23.1 Å². The van der Waals surface area contributed by atoms with Gasteiger partial charge in [0.15, 0.2) is 11.2 Å². The summed E-state index contributed by atoms with van der Waals surface area (Å²) in [6.45, 7) is 0.0425. The third kappa shape index (κ3) is 3.25. The lowest BCUT2D eigenvalue weighted by Crippen LogP contribution is -2.38. The number of nitrogens with zero attached hydrogens (tertiary/aromatic N) is 4. The Morgan fingerprint density at radius 3 is 2.45 bits per heavy atom. The Morgan fingerprint density at radius 2 is 1.81 bits per heavy atom. The molecule has 4 aromatic rings. The molecule has 9 heteroatoms. The zero-order chi connectivity index (χ0) is 21.8. The number of aromatic amines is 1. The van der Waals surface area contributed by atoms with Crippen LogP contribution in [-0.4, -0.2) is 19.1 Å². The van der Waals surface area contributed by atoms with Gasteiger partial charge in [-0.25, -0.2) is 9.78 Å². The number of fused-ring (bicyclic) bond motifs is 1. The molecule has 0 saturated heterocycles. The topological polar surface area (TPSA) is 96.5 Å². The number of aromatic nitrogens is 4. The second kappa shape index (κ2) is 7.12. The molecular formula is C22H15Cl2N5O2. The van der Waals surface area contributed by atoms with Crippen molar-refractivity contribution in [1.82, 2.24) is 19.1 Å². The minimum atomic E-state index is -0.665. The highest BCUT2D eigenvalue weighted by molar-refractivity contribution is 6.33. The van der Waals surface area contributed by atoms with Crippen LogP contribution in [0.2, 0.25) is 10.0 Å². The molecular weight excluding hydrogens is 437 g/mol. The lowest BCUT2D eigenvalue weighted by molar-refractivity contribution is 0.498. The molecule has 0 amide bonds. The van der Waals surface area contributed by atoms with E-state index in [1.165, 1.54) is 0 Å². The largest absolute Gasteiger partial charge is 0.330 e. The van der Waals surface area contributed by atoms with Crippen molar-refractivity contribution >= 4 is 34.4 Å². The molecule has 1 aliphatic rings. The molecule has 1 N–H and O–H groups in total. The van der Waals surface area contributed by atoms with Crippen molar-refractivity contribution in [2.45, 2.75) is 19.4 Å². The van der Waals surface area contributed by atoms with E-state index in [0.717, 1.165) is 4.57 Å². The van der Waals surface area contributed by atoms with Crippen LogP contribution in [0.4, 0.5) is 0 Å². The molecule has 5 rings (SSSR count). The van der Waals surface area contributed by atoms with Gasteiger partial charge in [-0.2, -0.15) is 5.26 Å². The number of rotatable bonds is 4. The Kier molecular flexibility index (Phi) is 4.50. The van der Waals surface area contributed by atoms with Crippen molar-refractivity contribution in [2.24, 2.45) is 5.41 Å². The number of nitriles is 1. The zero-order valence-electron chi connectivity index (χ0n) is 16.1. The Bertz CT molecular complexity index is 1490. The van der Waals surface area contributed by atoms with E-state index in [2.05, 4.69) is 16.0 Å². The number of halogens is 2. The van der Waals surface area contributed by atoms with E-state index in [4.69, 9.17) is 23.2 Å². The Hall–Kier alpha value is -3.34. The molecule has 0 aliphatic heterocycles. The van der Waals surface area contributed by atoms with E-state index in [-0.39, 0.29) is 17.7 Å². The van der Waals surface area contributed by atoms with Gasteiger partial charge in [-0.3, -0.25) is 18.9 Å². The van der Waals surface area contributed by atoms with Gasteiger partial charge in [-0.1, -0.05) is 35.3 Å². The van der Waals surface area contributed by atoms with Gasteiger partial charge >= 0.3 is 5.69 Å². The van der Waals surface area contributed by atoms with Crippen LogP contribution in [0.5, 0.6) is 0 Å². The number of benzene rings is 2. The quantitative estimate of drug-likeness (QED) is 0.503. The highest BCUT2D eigenvalue weighted by Gasteiger charge is 2.44. The first-order chi connectivity index (χ1) is 14.9. The molecule has 2 aromatic heterocycles. The molecule has 0 atom stereocenters. The van der Waals surface area contributed by atoms with Crippen molar-refractivity contribution in [1.29, 1.82) is 5.26 Å². The maximum atomic E-state index is 13.5. The second-order valence-electron chi connectivity index (χ2n) is 7.64. The molecule has 31 heavy (non-hydrogen) atoms. The van der Waals surface area contributed by atoms with E-state index in [9.17, 15) is 14.9 Å². The van der Waals surface area contributed by atoms with E-state index >= 15 is 0 Å². The summed E-state index contributed by atoms with van der Waals surface area (Å²) < 4.78 is 2.75. The number of hydrogen-bond donors (Lipinski definition) is 1. The van der Waals surface area contributed by atoms with Crippen LogP contribution >= 0.6 is 23.2 Å². The summed E-state index contributed by atoms with van der Waals surface area (Å²) in [4.78, 5) is 33.4. The minimum Gasteiger partial charge on any atom is -0.290 e. The fourth-order valence-corrected chi connectivity index (χ4v) is 4.01. The lowest BCUT2D eigenvalue weighted by atomic mass is 10.1. The monoisotopic (exact) mass is 451 g/mol. The average molecular weight is 452 g/mol. The summed E-state index contributed by atoms with van der Waals surface area (Å²) >= 11 is 12.5. The molecule has 1 saturated carbocycles. The van der Waals surface area contributed by atoms with Gasteiger partial charge in [-0.05, 0) is 49.2 Å². The number of hydrogen-bond acceptors (Lipinski definition) is 4. The maximum absolute atomic E-state index is 13.5. The molecule has 0 bridgehead atoms. The zero-order valence-corrected chi connectivity index (χ0v) is 17.6. The molecule has 1 fully saturated rings. The minimum absolute atomic E-state index is 0.0425. The molecule has 1 aliphatic carbocycles. The van der Waals surface area contributed by atoms with Gasteiger partial charge in [0.2, 0.25) is 0 Å². The first-order valence-electron chi connectivity index (χ1n) is 9.60. The first kappa shape index (κ1) is 19.6. The summed E-state index contributed by atoms with van der Waals surface area (Å²) in [7, 11) is 0. The fraction of sp³-hybridized carbons (Fsp3) is 0.182. The number of imidazole rings is 1. The number of nitrogens with one attached hydrogen (secondary N) is 1. The third-order valence-electron chi connectivity index (χ3n) is 5.55. The molecule has 0 unspecified atom stereocenters. The van der Waals surface area contributed by atoms with Crippen LogP contribution < -0.4 is 11.2 Å².